The van der Waals surface area contributed by atoms with Crippen molar-refractivity contribution in [3.8, 4) is 0 Å². The third-order valence-corrected chi connectivity index (χ3v) is 9.53. The Kier molecular flexibility index (Phi) is 6.21. The van der Waals surface area contributed by atoms with Crippen LogP contribution in [0.5, 0.6) is 0 Å². The zero-order chi connectivity index (χ0) is 22.8. The van der Waals surface area contributed by atoms with Gasteiger partial charge in [0.25, 0.3) is 0 Å². The average molecular weight is 466 g/mol. The fourth-order valence-corrected chi connectivity index (χ4v) is 7.36. The van der Waals surface area contributed by atoms with Gasteiger partial charge in [0, 0.05) is 37.4 Å². The molecule has 0 saturated carbocycles. The molecule has 5 rings (SSSR count). The highest BCUT2D eigenvalue weighted by atomic mass is 32.2. The fraction of sp³-hybridized carbons (Fsp3) is 0.440. The Labute approximate surface area is 196 Å². The van der Waals surface area contributed by atoms with Crippen molar-refractivity contribution in [3.63, 3.8) is 0 Å². The number of aromatic nitrogens is 3. The smallest absolute Gasteiger partial charge is 0.221 e. The molecular formula is C25H31N5O2S. The number of sulfonamides is 1. The van der Waals surface area contributed by atoms with Gasteiger partial charge in [-0.25, -0.2) is 8.42 Å². The minimum atomic E-state index is -3.41. The van der Waals surface area contributed by atoms with Crippen LogP contribution in [-0.4, -0.2) is 46.6 Å². The summed E-state index contributed by atoms with van der Waals surface area (Å²) >= 11 is 0. The lowest BCUT2D eigenvalue weighted by Crippen LogP contribution is -2.44. The van der Waals surface area contributed by atoms with E-state index in [1.807, 2.05) is 37.3 Å². The van der Waals surface area contributed by atoms with Crippen LogP contribution < -0.4 is 4.90 Å². The third kappa shape index (κ3) is 4.54. The Bertz CT molecular complexity index is 1140. The molecule has 2 atom stereocenters. The molecule has 2 aliphatic heterocycles. The van der Waals surface area contributed by atoms with Crippen LogP contribution in [-0.2, 0) is 16.6 Å². The fourth-order valence-electron chi connectivity index (χ4n) is 5.16. The first-order chi connectivity index (χ1) is 16.0. The maximum Gasteiger partial charge on any atom is 0.221 e. The van der Waals surface area contributed by atoms with Gasteiger partial charge in [-0.3, -0.25) is 0 Å². The molecule has 3 heterocycles. The van der Waals surface area contributed by atoms with E-state index in [0.717, 1.165) is 43.5 Å². The molecule has 33 heavy (non-hydrogen) atoms. The van der Waals surface area contributed by atoms with Gasteiger partial charge in [0.05, 0.1) is 0 Å². The van der Waals surface area contributed by atoms with E-state index in [9.17, 15) is 8.42 Å². The van der Waals surface area contributed by atoms with Gasteiger partial charge >= 0.3 is 0 Å². The summed E-state index contributed by atoms with van der Waals surface area (Å²) in [6.45, 7) is 4.41. The van der Waals surface area contributed by atoms with E-state index in [0.29, 0.717) is 19.0 Å². The molecule has 174 valence electrons. The van der Waals surface area contributed by atoms with Gasteiger partial charge in [0.1, 0.15) is 17.9 Å². The van der Waals surface area contributed by atoms with Crippen LogP contribution in [0, 0.1) is 0 Å². The Morgan fingerprint density at radius 2 is 1.55 bits per heavy atom. The van der Waals surface area contributed by atoms with Crippen LogP contribution >= 0.6 is 0 Å². The van der Waals surface area contributed by atoms with Crippen LogP contribution in [0.2, 0.25) is 0 Å². The summed E-state index contributed by atoms with van der Waals surface area (Å²) in [5.74, 6) is 0. The maximum absolute atomic E-state index is 13.5. The molecule has 8 heteroatoms. The summed E-state index contributed by atoms with van der Waals surface area (Å²) in [4.78, 5) is 2.40. The van der Waals surface area contributed by atoms with E-state index in [4.69, 9.17) is 0 Å². The number of anilines is 1. The molecule has 3 aromatic rings. The second-order valence-corrected chi connectivity index (χ2v) is 11.3. The monoisotopic (exact) mass is 465 g/mol. The number of nitrogens with zero attached hydrogens (tertiary/aromatic N) is 5. The quantitative estimate of drug-likeness (QED) is 0.565. The molecule has 0 bridgehead atoms. The van der Waals surface area contributed by atoms with E-state index in [2.05, 4.69) is 43.9 Å². The summed E-state index contributed by atoms with van der Waals surface area (Å²) in [5.41, 5.74) is 3.11. The predicted octanol–water partition coefficient (Wildman–Crippen LogP) is 4.18. The molecule has 2 fully saturated rings. The SMILES string of the molecule is CC1CCC(c2ccccc2)S(=O)(=O)N1Cc1ccc(N2CCC(n3cnnc3)CC2)cc1. The van der Waals surface area contributed by atoms with Crippen molar-refractivity contribution < 1.29 is 8.42 Å². The highest BCUT2D eigenvalue weighted by molar-refractivity contribution is 7.89. The molecule has 2 unspecified atom stereocenters. The number of hydrogen-bond donors (Lipinski definition) is 0. The molecule has 0 amide bonds. The minimum Gasteiger partial charge on any atom is -0.371 e. The third-order valence-electron chi connectivity index (χ3n) is 7.16. The Morgan fingerprint density at radius 3 is 2.21 bits per heavy atom. The van der Waals surface area contributed by atoms with Gasteiger partial charge in [-0.2, -0.15) is 4.31 Å². The standard InChI is InChI=1S/C25H31N5O2S/c1-20-7-12-25(22-5-3-2-4-6-22)33(31,32)30(20)17-21-8-10-23(11-9-21)28-15-13-24(14-16-28)29-18-26-27-19-29/h2-6,8-11,18-20,24-25H,7,12-17H2,1H3. The second kappa shape index (κ2) is 9.27. The minimum absolute atomic E-state index is 0.00586. The molecule has 2 aromatic carbocycles. The number of piperidine rings is 1. The topological polar surface area (TPSA) is 71.3 Å². The van der Waals surface area contributed by atoms with Crippen molar-refractivity contribution in [2.45, 2.75) is 56.5 Å². The summed E-state index contributed by atoms with van der Waals surface area (Å²) in [7, 11) is -3.41. The van der Waals surface area contributed by atoms with E-state index in [-0.39, 0.29) is 6.04 Å². The first kappa shape index (κ1) is 22.1. The number of benzene rings is 2. The zero-order valence-corrected chi connectivity index (χ0v) is 19.8. The first-order valence-corrected chi connectivity index (χ1v) is 13.3. The summed E-state index contributed by atoms with van der Waals surface area (Å²) < 4.78 is 30.8. The summed E-state index contributed by atoms with van der Waals surface area (Å²) in [6.07, 6.45) is 7.26. The molecule has 1 aromatic heterocycles. The molecule has 7 nitrogen and oxygen atoms in total. The molecule has 0 aliphatic carbocycles. The van der Waals surface area contributed by atoms with Crippen LogP contribution in [0.3, 0.4) is 0 Å². The van der Waals surface area contributed by atoms with Gasteiger partial charge in [0.2, 0.25) is 10.0 Å². The van der Waals surface area contributed by atoms with Crippen LogP contribution in [0.1, 0.15) is 55.0 Å². The van der Waals surface area contributed by atoms with Gasteiger partial charge in [-0.05, 0) is 55.9 Å². The van der Waals surface area contributed by atoms with Crippen molar-refractivity contribution in [2.75, 3.05) is 18.0 Å². The van der Waals surface area contributed by atoms with Crippen molar-refractivity contribution in [2.24, 2.45) is 0 Å². The normalized spacial score (nSPS) is 24.1. The van der Waals surface area contributed by atoms with Crippen LogP contribution in [0.15, 0.2) is 67.3 Å². The van der Waals surface area contributed by atoms with Crippen molar-refractivity contribution in [1.29, 1.82) is 0 Å². The highest BCUT2D eigenvalue weighted by Gasteiger charge is 2.40. The zero-order valence-electron chi connectivity index (χ0n) is 19.0. The second-order valence-electron chi connectivity index (χ2n) is 9.21. The predicted molar refractivity (Wildman–Crippen MR) is 129 cm³/mol. The summed E-state index contributed by atoms with van der Waals surface area (Å²) in [6, 6.07) is 18.5. The van der Waals surface area contributed by atoms with Gasteiger partial charge in [-0.15, -0.1) is 10.2 Å². The molecule has 0 spiro atoms. The maximum atomic E-state index is 13.5. The molecule has 2 aliphatic rings. The van der Waals surface area contributed by atoms with Crippen molar-refractivity contribution >= 4 is 15.7 Å². The molecular weight excluding hydrogens is 434 g/mol. The highest BCUT2D eigenvalue weighted by Crippen LogP contribution is 2.38. The lowest BCUT2D eigenvalue weighted by molar-refractivity contribution is 0.282. The van der Waals surface area contributed by atoms with E-state index in [1.54, 1.807) is 17.0 Å². The number of rotatable bonds is 5. The molecule has 2 saturated heterocycles. The Hall–Kier alpha value is -2.71. The lowest BCUT2D eigenvalue weighted by atomic mass is 10.0. The number of hydrogen-bond acceptors (Lipinski definition) is 5. The van der Waals surface area contributed by atoms with E-state index >= 15 is 0 Å². The molecule has 0 N–H and O–H groups in total. The summed E-state index contributed by atoms with van der Waals surface area (Å²) in [5, 5.41) is 7.39. The largest absolute Gasteiger partial charge is 0.371 e. The lowest BCUT2D eigenvalue weighted by Gasteiger charge is -2.37. The van der Waals surface area contributed by atoms with Crippen molar-refractivity contribution in [1.82, 2.24) is 19.1 Å². The van der Waals surface area contributed by atoms with Gasteiger partial charge < -0.3 is 9.47 Å². The van der Waals surface area contributed by atoms with Crippen LogP contribution in [0.4, 0.5) is 5.69 Å². The molecule has 0 radical (unpaired) electrons. The first-order valence-electron chi connectivity index (χ1n) is 11.8. The van der Waals surface area contributed by atoms with Crippen molar-refractivity contribution in [3.05, 3.63) is 78.4 Å². The Morgan fingerprint density at radius 1 is 0.879 bits per heavy atom. The van der Waals surface area contributed by atoms with E-state index < -0.39 is 15.3 Å². The Balaban J connectivity index is 1.26. The van der Waals surface area contributed by atoms with Gasteiger partial charge in [0.15, 0.2) is 0 Å². The van der Waals surface area contributed by atoms with E-state index in [1.165, 1.54) is 5.69 Å². The van der Waals surface area contributed by atoms with Crippen LogP contribution in [0.25, 0.3) is 0 Å². The van der Waals surface area contributed by atoms with Gasteiger partial charge in [-0.1, -0.05) is 42.5 Å². The average Bonchev–Trinajstić information content (AvgIpc) is 3.38.